The van der Waals surface area contributed by atoms with Gasteiger partial charge in [0.2, 0.25) is 41.4 Å². The molecule has 0 spiro atoms. The smallest absolute Gasteiger partial charge is 0.251 e. The quantitative estimate of drug-likeness (QED) is 0.0518. The van der Waals surface area contributed by atoms with E-state index in [0.717, 1.165) is 105 Å². The zero-order chi connectivity index (χ0) is 81.8. The third kappa shape index (κ3) is 63.4. The molecule has 3 aromatic rings. The van der Waals surface area contributed by atoms with Crippen LogP contribution in [0.25, 0.3) is 5.70 Å². The van der Waals surface area contributed by atoms with Crippen LogP contribution in [0.3, 0.4) is 0 Å². The van der Waals surface area contributed by atoms with Crippen LogP contribution in [0.4, 0.5) is 0 Å². The van der Waals surface area contributed by atoms with Crippen LogP contribution in [-0.2, 0) is 40.0 Å². The minimum atomic E-state index is -0.00870. The number of carbonyl (C=O) groups excluding carboxylic acids is 8. The lowest BCUT2D eigenvalue weighted by atomic mass is 9.82. The fourth-order valence-electron chi connectivity index (χ4n) is 12.3. The molecule has 662 valence electrons. The van der Waals surface area contributed by atoms with Crippen LogP contribution in [0.5, 0.6) is 0 Å². The molecule has 3 aromatic carbocycles. The van der Waals surface area contributed by atoms with Crippen molar-refractivity contribution in [1.29, 1.82) is 0 Å². The van der Waals surface area contributed by atoms with Gasteiger partial charge in [0.25, 0.3) is 5.91 Å². The number of hydrogen-bond donors (Lipinski definition) is 9. The highest BCUT2D eigenvalue weighted by Gasteiger charge is 2.27. The van der Waals surface area contributed by atoms with Gasteiger partial charge in [0.05, 0.1) is 6.42 Å². The van der Waals surface area contributed by atoms with Crippen molar-refractivity contribution in [2.45, 2.75) is 379 Å². The molecule has 4 saturated carbocycles. The van der Waals surface area contributed by atoms with Crippen molar-refractivity contribution in [3.8, 4) is 0 Å². The first kappa shape index (κ1) is 120. The lowest BCUT2D eigenvalue weighted by molar-refractivity contribution is -0.127. The molecule has 0 unspecified atom stereocenters. The normalized spacial score (nSPS) is 15.8. The first-order valence-electron chi connectivity index (χ1n) is 41.2. The number of amides is 8. The fraction of sp³-hybridized carbons (Fsp3) is 0.705. The SMILES string of the molecule is C.C.C.C.C.C.C=C(NC(C)C)c1ccc(Cl)cc1.CC(C)NC(=O)C(C)C.CC(C)NC(=O)C1CCCC1.CC(C)NC(=O)C1CCCCC1.CC(C)NC(=O)C1CCCCC1.CC(C)NC(=O)C1CCN(C)CC1.CC(C)NC(=O)Cc1ccccc1.CC(C)NC(=O)c1ccccc1.CC1CCC(C(=O)NC(C)C)CC1. The zero-order valence-electron chi connectivity index (χ0n) is 71.4. The Bertz CT molecular complexity index is 2830. The summed E-state index contributed by atoms with van der Waals surface area (Å²) in [6.45, 7) is 48.1. The van der Waals surface area contributed by atoms with Crippen molar-refractivity contribution in [2.75, 3.05) is 20.1 Å². The molecular formula is C95H177ClN10O8. The highest BCUT2D eigenvalue weighted by molar-refractivity contribution is 6.30. The molecule has 1 aliphatic heterocycles. The Balaban J connectivity index is -0.000000225. The number of piperidine rings is 1. The molecule has 5 aliphatic rings. The number of nitrogens with one attached hydrogen (secondary N) is 9. The molecule has 19 heteroatoms. The van der Waals surface area contributed by atoms with Crippen molar-refractivity contribution in [3.05, 3.63) is 113 Å². The summed E-state index contributed by atoms with van der Waals surface area (Å²) in [4.78, 5) is 93.3. The molecule has 1 heterocycles. The average molecular weight is 1620 g/mol. The van der Waals surface area contributed by atoms with Crippen LogP contribution in [0.2, 0.25) is 5.02 Å². The summed E-state index contributed by atoms with van der Waals surface area (Å²) in [6, 6.07) is 29.1. The lowest BCUT2D eigenvalue weighted by Gasteiger charge is -2.28. The van der Waals surface area contributed by atoms with Crippen LogP contribution in [0, 0.1) is 41.4 Å². The van der Waals surface area contributed by atoms with Crippen molar-refractivity contribution < 1.29 is 38.4 Å². The van der Waals surface area contributed by atoms with Gasteiger partial charge in [-0.25, -0.2) is 0 Å². The van der Waals surface area contributed by atoms with E-state index in [2.05, 4.69) is 87.1 Å². The summed E-state index contributed by atoms with van der Waals surface area (Å²) >= 11 is 5.77. The van der Waals surface area contributed by atoms with Crippen molar-refractivity contribution in [3.63, 3.8) is 0 Å². The number of halogens is 1. The highest BCUT2D eigenvalue weighted by Crippen LogP contribution is 2.29. The van der Waals surface area contributed by atoms with Gasteiger partial charge in [-0.05, 0) is 263 Å². The molecule has 0 radical (unpaired) electrons. The second kappa shape index (κ2) is 70.4. The largest absolute Gasteiger partial charge is 0.383 e. The molecule has 1 saturated heterocycles. The summed E-state index contributed by atoms with van der Waals surface area (Å²) in [5, 5.41) is 27.3. The molecule has 9 N–H and O–H groups in total. The van der Waals surface area contributed by atoms with Crippen LogP contribution in [-0.4, -0.2) is 127 Å². The molecular weight excluding hydrogens is 1440 g/mol. The van der Waals surface area contributed by atoms with E-state index in [1.165, 1.54) is 64.2 Å². The lowest BCUT2D eigenvalue weighted by Crippen LogP contribution is -2.41. The van der Waals surface area contributed by atoms with Crippen LogP contribution < -0.4 is 47.9 Å². The Morgan fingerprint density at radius 3 is 0.939 bits per heavy atom. The molecule has 0 atom stereocenters. The van der Waals surface area contributed by atoms with E-state index in [9.17, 15) is 38.4 Å². The Kier molecular flexibility index (Phi) is 74.4. The van der Waals surface area contributed by atoms with Gasteiger partial charge >= 0.3 is 0 Å². The molecule has 0 bridgehead atoms. The summed E-state index contributed by atoms with van der Waals surface area (Å²) in [6.07, 6.45) is 23.7. The third-order valence-corrected chi connectivity index (χ3v) is 18.3. The van der Waals surface area contributed by atoms with Gasteiger partial charge in [-0.3, -0.25) is 38.4 Å². The molecule has 4 aliphatic carbocycles. The summed E-state index contributed by atoms with van der Waals surface area (Å²) in [5.74, 6) is 3.90. The summed E-state index contributed by atoms with van der Waals surface area (Å²) in [7, 11) is 2.11. The van der Waals surface area contributed by atoms with Crippen molar-refractivity contribution in [1.82, 2.24) is 52.8 Å². The molecule has 0 aromatic heterocycles. The van der Waals surface area contributed by atoms with Crippen molar-refractivity contribution >= 4 is 64.6 Å². The highest BCUT2D eigenvalue weighted by atomic mass is 35.5. The van der Waals surface area contributed by atoms with Crippen LogP contribution >= 0.6 is 11.6 Å². The fourth-order valence-corrected chi connectivity index (χ4v) is 12.5. The second-order valence-corrected chi connectivity index (χ2v) is 33.4. The number of benzene rings is 3. The van der Waals surface area contributed by atoms with Gasteiger partial charge in [0.1, 0.15) is 0 Å². The standard InChI is InChI=1S/C11H14ClN.C11H21NO.C11H15NO.C10H20N2O.2C10H19NO.C10H13NO.C9H17NO.C7H15NO.6CH4/c1-8(2)13-9(3)10-4-6-11(12)7-5-10;1-8(2)12-11(13)10-6-4-9(3)5-7-10;1-9(2)12-11(13)8-10-6-4-3-5-7-10;1-8(2)11-10(13)9-4-6-12(3)7-5-9;3*1-8(2)11-10(12)9-6-4-3-5-7-9;1-7(2)10-9(11)8-5-3-4-6-8;1-5(2)7(9)8-6(3)4;;;;;;/h4-8,13H,3H2,1-2H3;8-10H,4-7H2,1-3H3,(H,12,13);3-7,9H,8H2,1-2H3,(H,12,13);8-9H,4-7H2,1-3H3,(H,11,13);2*8-9H,3-7H2,1-2H3,(H,11,12);3-8H,1-2H3,(H,11,12);7-8H,3-6H2,1-2H3,(H,10,11);5-6H,1-4H3,(H,8,9);6*1H4. The maximum atomic E-state index is 11.6. The van der Waals surface area contributed by atoms with E-state index in [-0.39, 0.29) is 134 Å². The molecule has 5 fully saturated rings. The van der Waals surface area contributed by atoms with Gasteiger partial charge in [0, 0.05) is 106 Å². The number of rotatable bonds is 20. The van der Waals surface area contributed by atoms with E-state index in [4.69, 9.17) is 11.6 Å². The number of nitrogens with zero attached hydrogens (tertiary/aromatic N) is 1. The zero-order valence-corrected chi connectivity index (χ0v) is 72.1. The molecule has 18 nitrogen and oxygen atoms in total. The molecule has 114 heavy (non-hydrogen) atoms. The maximum absolute atomic E-state index is 11.6. The topological polar surface area (TPSA) is 248 Å². The first-order valence-corrected chi connectivity index (χ1v) is 41.6. The van der Waals surface area contributed by atoms with Gasteiger partial charge in [0.15, 0.2) is 0 Å². The first-order chi connectivity index (χ1) is 50.8. The second-order valence-electron chi connectivity index (χ2n) is 33.0. The third-order valence-electron chi connectivity index (χ3n) is 18.0. The number of likely N-dealkylation sites (tertiary alicyclic amines) is 1. The number of hydrogen-bond acceptors (Lipinski definition) is 10. The average Bonchev–Trinajstić information content (AvgIpc) is 1.24. The van der Waals surface area contributed by atoms with Gasteiger partial charge < -0.3 is 52.8 Å². The van der Waals surface area contributed by atoms with Crippen LogP contribution in [0.15, 0.2) is 91.5 Å². The minimum absolute atomic E-state index is 0. The van der Waals surface area contributed by atoms with E-state index in [1.807, 2.05) is 197 Å². The summed E-state index contributed by atoms with van der Waals surface area (Å²) in [5.41, 5.74) is 3.79. The Labute approximate surface area is 705 Å². The monoisotopic (exact) mass is 1620 g/mol. The Morgan fingerprint density at radius 2 is 0.640 bits per heavy atom. The maximum Gasteiger partial charge on any atom is 0.251 e. The van der Waals surface area contributed by atoms with Gasteiger partial charge in [-0.1, -0.05) is 196 Å². The van der Waals surface area contributed by atoms with Crippen molar-refractivity contribution in [2.24, 2.45) is 41.4 Å². The van der Waals surface area contributed by atoms with E-state index >= 15 is 0 Å². The minimum Gasteiger partial charge on any atom is -0.383 e. The van der Waals surface area contributed by atoms with Gasteiger partial charge in [-0.2, -0.15) is 0 Å². The predicted molar refractivity (Wildman–Crippen MR) is 493 cm³/mol. The Hall–Kier alpha value is -6.79. The summed E-state index contributed by atoms with van der Waals surface area (Å²) < 4.78 is 0. The van der Waals surface area contributed by atoms with E-state index in [1.54, 1.807) is 12.1 Å². The van der Waals surface area contributed by atoms with Crippen LogP contribution in [0.1, 0.15) is 340 Å². The van der Waals surface area contributed by atoms with E-state index in [0.29, 0.717) is 59.8 Å². The molecule has 8 amide bonds. The molecule has 8 rings (SSSR count). The number of carbonyl (C=O) groups is 8. The van der Waals surface area contributed by atoms with Gasteiger partial charge in [-0.15, -0.1) is 0 Å². The Morgan fingerprint density at radius 1 is 0.351 bits per heavy atom. The predicted octanol–water partition coefficient (Wildman–Crippen LogP) is 20.9. The van der Waals surface area contributed by atoms with E-state index < -0.39 is 0 Å².